The van der Waals surface area contributed by atoms with E-state index in [2.05, 4.69) is 10.0 Å². The van der Waals surface area contributed by atoms with E-state index in [1.54, 1.807) is 0 Å². The molecule has 0 aromatic heterocycles. The first-order valence-corrected chi connectivity index (χ1v) is 10.00. The summed E-state index contributed by atoms with van der Waals surface area (Å²) in [4.78, 5) is 11.8. The molecular formula is C18H25N4O4S+. The van der Waals surface area contributed by atoms with Gasteiger partial charge in [0.25, 0.3) is 5.69 Å². The van der Waals surface area contributed by atoms with Crippen LogP contribution in [0.4, 0.5) is 17.1 Å². The largest absolute Gasteiger partial charge is 0.350 e. The maximum Gasteiger partial charge on any atom is 0.294 e. The summed E-state index contributed by atoms with van der Waals surface area (Å²) in [7, 11) is 0.00877. The standard InChI is InChI=1S/C18H24N4O4S/c1-13-5-6-15(11-14(13)2)20-17-8-7-16(12-18(17)22(23)24)27(25,26)19-9-10-21(3)4/h5-8,11-12,19-20H,9-10H2,1-4H3/p+1. The van der Waals surface area contributed by atoms with Gasteiger partial charge in [-0.25, -0.2) is 13.1 Å². The van der Waals surface area contributed by atoms with Crippen LogP contribution in [0, 0.1) is 24.0 Å². The average molecular weight is 393 g/mol. The molecule has 0 aliphatic heterocycles. The Kier molecular flexibility index (Phi) is 6.53. The Labute approximate surface area is 159 Å². The molecule has 0 aliphatic carbocycles. The Bertz CT molecular complexity index is 942. The molecule has 0 amide bonds. The number of rotatable bonds is 8. The first kappa shape index (κ1) is 20.8. The second kappa shape index (κ2) is 8.47. The van der Waals surface area contributed by atoms with Crippen LogP contribution in [0.2, 0.25) is 0 Å². The number of aryl methyl sites for hydroxylation is 2. The van der Waals surface area contributed by atoms with Gasteiger partial charge in [0.2, 0.25) is 10.0 Å². The molecule has 3 N–H and O–H groups in total. The molecule has 0 atom stereocenters. The van der Waals surface area contributed by atoms with E-state index in [1.807, 2.05) is 46.1 Å². The predicted molar refractivity (Wildman–Crippen MR) is 105 cm³/mol. The number of likely N-dealkylation sites (N-methyl/N-ethyl adjacent to an activating group) is 1. The number of hydrogen-bond donors (Lipinski definition) is 3. The lowest BCUT2D eigenvalue weighted by Gasteiger charge is -2.12. The summed E-state index contributed by atoms with van der Waals surface area (Å²) in [6.07, 6.45) is 0. The summed E-state index contributed by atoms with van der Waals surface area (Å²) in [6.45, 7) is 4.78. The zero-order chi connectivity index (χ0) is 20.2. The minimum absolute atomic E-state index is 0.131. The predicted octanol–water partition coefficient (Wildman–Crippen LogP) is 1.38. The first-order valence-electron chi connectivity index (χ1n) is 8.51. The normalized spacial score (nSPS) is 11.6. The summed E-state index contributed by atoms with van der Waals surface area (Å²) in [5, 5.41) is 14.5. The van der Waals surface area contributed by atoms with Crippen molar-refractivity contribution in [1.82, 2.24) is 4.72 Å². The minimum atomic E-state index is -3.81. The zero-order valence-corrected chi connectivity index (χ0v) is 16.7. The molecule has 0 unspecified atom stereocenters. The molecule has 2 aromatic rings. The third-order valence-electron chi connectivity index (χ3n) is 4.18. The molecule has 2 aromatic carbocycles. The maximum absolute atomic E-state index is 12.4. The van der Waals surface area contributed by atoms with Gasteiger partial charge in [-0.15, -0.1) is 0 Å². The lowest BCUT2D eigenvalue weighted by Crippen LogP contribution is -3.06. The number of benzene rings is 2. The molecule has 0 aliphatic rings. The third-order valence-corrected chi connectivity index (χ3v) is 5.64. The molecule has 0 radical (unpaired) electrons. The quantitative estimate of drug-likeness (QED) is 0.464. The van der Waals surface area contributed by atoms with E-state index < -0.39 is 14.9 Å². The zero-order valence-electron chi connectivity index (χ0n) is 15.9. The highest BCUT2D eigenvalue weighted by Crippen LogP contribution is 2.30. The fourth-order valence-corrected chi connectivity index (χ4v) is 3.48. The van der Waals surface area contributed by atoms with Gasteiger partial charge >= 0.3 is 0 Å². The van der Waals surface area contributed by atoms with Crippen molar-refractivity contribution in [2.24, 2.45) is 0 Å². The van der Waals surface area contributed by atoms with E-state index in [-0.39, 0.29) is 22.8 Å². The van der Waals surface area contributed by atoms with Crippen LogP contribution < -0.4 is 14.9 Å². The van der Waals surface area contributed by atoms with Gasteiger partial charge in [-0.05, 0) is 49.2 Å². The van der Waals surface area contributed by atoms with Crippen LogP contribution in [0.15, 0.2) is 41.3 Å². The molecule has 0 fully saturated rings. The number of nitrogens with zero attached hydrogens (tertiary/aromatic N) is 1. The Hall–Kier alpha value is -2.49. The van der Waals surface area contributed by atoms with E-state index >= 15 is 0 Å². The molecule has 2 rings (SSSR count). The molecule has 0 bridgehead atoms. The Morgan fingerprint density at radius 2 is 1.78 bits per heavy atom. The molecule has 146 valence electrons. The van der Waals surface area contributed by atoms with Crippen molar-refractivity contribution < 1.29 is 18.2 Å². The second-order valence-electron chi connectivity index (χ2n) is 6.71. The van der Waals surface area contributed by atoms with E-state index in [0.29, 0.717) is 12.2 Å². The summed E-state index contributed by atoms with van der Waals surface area (Å²) >= 11 is 0. The summed E-state index contributed by atoms with van der Waals surface area (Å²) < 4.78 is 27.2. The van der Waals surface area contributed by atoms with Crippen LogP contribution in [0.1, 0.15) is 11.1 Å². The van der Waals surface area contributed by atoms with Gasteiger partial charge in [0, 0.05) is 11.8 Å². The van der Waals surface area contributed by atoms with Gasteiger partial charge in [-0.2, -0.15) is 0 Å². The lowest BCUT2D eigenvalue weighted by molar-refractivity contribution is -0.856. The Balaban J connectivity index is 2.30. The topological polar surface area (TPSA) is 106 Å². The molecule has 0 saturated carbocycles. The summed E-state index contributed by atoms with van der Waals surface area (Å²) in [5.41, 5.74) is 2.80. The number of anilines is 2. The number of nitro benzene ring substituents is 1. The van der Waals surface area contributed by atoms with Gasteiger partial charge < -0.3 is 10.2 Å². The molecular weight excluding hydrogens is 368 g/mol. The molecule has 0 saturated heterocycles. The van der Waals surface area contributed by atoms with Gasteiger partial charge in [-0.1, -0.05) is 6.07 Å². The van der Waals surface area contributed by atoms with E-state index in [0.717, 1.165) is 22.1 Å². The van der Waals surface area contributed by atoms with E-state index in [1.165, 1.54) is 12.1 Å². The van der Waals surface area contributed by atoms with Crippen LogP contribution in [-0.2, 0) is 10.0 Å². The van der Waals surface area contributed by atoms with Crippen LogP contribution >= 0.6 is 0 Å². The fraction of sp³-hybridized carbons (Fsp3) is 0.333. The third kappa shape index (κ3) is 5.49. The van der Waals surface area contributed by atoms with Crippen molar-refractivity contribution in [1.29, 1.82) is 0 Å². The number of quaternary nitrogens is 1. The average Bonchev–Trinajstić information content (AvgIpc) is 2.57. The van der Waals surface area contributed by atoms with Gasteiger partial charge in [0.05, 0.1) is 37.0 Å². The molecule has 9 heteroatoms. The summed E-state index contributed by atoms with van der Waals surface area (Å²) in [6, 6.07) is 9.48. The number of nitro groups is 1. The molecule has 0 heterocycles. The highest BCUT2D eigenvalue weighted by molar-refractivity contribution is 7.89. The number of nitrogens with one attached hydrogen (secondary N) is 3. The smallest absolute Gasteiger partial charge is 0.294 e. The number of hydrogen-bond acceptors (Lipinski definition) is 5. The second-order valence-corrected chi connectivity index (χ2v) is 8.48. The van der Waals surface area contributed by atoms with E-state index in [9.17, 15) is 18.5 Å². The van der Waals surface area contributed by atoms with Crippen LogP contribution in [0.25, 0.3) is 0 Å². The highest BCUT2D eigenvalue weighted by Gasteiger charge is 2.21. The molecule has 8 nitrogen and oxygen atoms in total. The van der Waals surface area contributed by atoms with Gasteiger partial charge in [0.1, 0.15) is 5.69 Å². The van der Waals surface area contributed by atoms with Crippen molar-refractivity contribution in [2.45, 2.75) is 18.7 Å². The molecule has 27 heavy (non-hydrogen) atoms. The lowest BCUT2D eigenvalue weighted by atomic mass is 10.1. The fourth-order valence-electron chi connectivity index (χ4n) is 2.43. The highest BCUT2D eigenvalue weighted by atomic mass is 32.2. The van der Waals surface area contributed by atoms with Crippen LogP contribution in [0.3, 0.4) is 0 Å². The van der Waals surface area contributed by atoms with Gasteiger partial charge in [0.15, 0.2) is 0 Å². The van der Waals surface area contributed by atoms with Crippen molar-refractivity contribution in [3.05, 3.63) is 57.6 Å². The van der Waals surface area contributed by atoms with E-state index in [4.69, 9.17) is 0 Å². The monoisotopic (exact) mass is 393 g/mol. The van der Waals surface area contributed by atoms with Crippen LogP contribution in [-0.4, -0.2) is 40.5 Å². The minimum Gasteiger partial charge on any atom is -0.350 e. The first-order chi connectivity index (χ1) is 12.6. The van der Waals surface area contributed by atoms with Crippen molar-refractivity contribution >= 4 is 27.1 Å². The number of sulfonamides is 1. The van der Waals surface area contributed by atoms with Crippen molar-refractivity contribution in [2.75, 3.05) is 32.5 Å². The van der Waals surface area contributed by atoms with Crippen LogP contribution in [0.5, 0.6) is 0 Å². The Morgan fingerprint density at radius 1 is 1.07 bits per heavy atom. The summed E-state index contributed by atoms with van der Waals surface area (Å²) in [5.74, 6) is 0. The van der Waals surface area contributed by atoms with Crippen molar-refractivity contribution in [3.63, 3.8) is 0 Å². The SMILES string of the molecule is Cc1ccc(Nc2ccc(S(=O)(=O)NCC[NH+](C)C)cc2[N+](=O)[O-])cc1C. The van der Waals surface area contributed by atoms with Gasteiger partial charge in [-0.3, -0.25) is 10.1 Å². The Morgan fingerprint density at radius 3 is 2.37 bits per heavy atom. The molecule has 0 spiro atoms. The maximum atomic E-state index is 12.4. The van der Waals surface area contributed by atoms with Crippen molar-refractivity contribution in [3.8, 4) is 0 Å².